The van der Waals surface area contributed by atoms with E-state index in [0.29, 0.717) is 11.5 Å². The van der Waals surface area contributed by atoms with Crippen molar-refractivity contribution in [1.82, 2.24) is 5.32 Å². The number of methoxy groups -OCH3 is 1. The van der Waals surface area contributed by atoms with Gasteiger partial charge in [0.05, 0.1) is 7.11 Å². The number of hydrogen-bond donors (Lipinski definition) is 1. The molecule has 1 unspecified atom stereocenters. The lowest BCUT2D eigenvalue weighted by atomic mass is 9.92. The smallest absolute Gasteiger partial charge is 0.126 e. The van der Waals surface area contributed by atoms with Crippen molar-refractivity contribution >= 4 is 0 Å². The summed E-state index contributed by atoms with van der Waals surface area (Å²) < 4.78 is 19.3. The van der Waals surface area contributed by atoms with Gasteiger partial charge in [-0.25, -0.2) is 4.39 Å². The van der Waals surface area contributed by atoms with Crippen LogP contribution in [0, 0.1) is 12.7 Å². The molecule has 1 atom stereocenters. The van der Waals surface area contributed by atoms with E-state index in [2.05, 4.69) is 11.4 Å². The van der Waals surface area contributed by atoms with Crippen LogP contribution in [0.1, 0.15) is 23.5 Å². The largest absolute Gasteiger partial charge is 0.496 e. The first-order valence-electron chi connectivity index (χ1n) is 7.35. The first-order chi connectivity index (χ1) is 10.2. The summed E-state index contributed by atoms with van der Waals surface area (Å²) in [5, 5.41) is 3.39. The van der Waals surface area contributed by atoms with Gasteiger partial charge in [-0.1, -0.05) is 18.2 Å². The molecule has 0 saturated carbocycles. The maximum Gasteiger partial charge on any atom is 0.126 e. The predicted molar refractivity (Wildman–Crippen MR) is 83.4 cm³/mol. The summed E-state index contributed by atoms with van der Waals surface area (Å²) in [7, 11) is 1.70. The fraction of sp³-hybridized carbons (Fsp3) is 0.333. The van der Waals surface area contributed by atoms with Crippen molar-refractivity contribution < 1.29 is 9.13 Å². The van der Waals surface area contributed by atoms with E-state index in [0.717, 1.165) is 36.4 Å². The van der Waals surface area contributed by atoms with Crippen LogP contribution in [0.4, 0.5) is 4.39 Å². The molecule has 1 aliphatic heterocycles. The topological polar surface area (TPSA) is 21.3 Å². The van der Waals surface area contributed by atoms with E-state index in [1.54, 1.807) is 13.2 Å². The number of halogens is 1. The first-order valence-corrected chi connectivity index (χ1v) is 7.35. The zero-order chi connectivity index (χ0) is 14.8. The van der Waals surface area contributed by atoms with Crippen LogP contribution in [-0.2, 0) is 0 Å². The van der Waals surface area contributed by atoms with E-state index in [4.69, 9.17) is 4.74 Å². The standard InChI is InChI=1S/C18H20FNO/c1-12-15(4-3-5-17(12)19)13-6-7-18(21-2)16(10-13)14-8-9-20-11-14/h3-7,10,14,20H,8-9,11H2,1-2H3. The Hall–Kier alpha value is -1.87. The molecule has 0 spiro atoms. The molecule has 3 heteroatoms. The molecule has 1 heterocycles. The van der Waals surface area contributed by atoms with E-state index in [9.17, 15) is 4.39 Å². The fourth-order valence-corrected chi connectivity index (χ4v) is 3.06. The minimum atomic E-state index is -0.160. The number of ether oxygens (including phenoxy) is 1. The van der Waals surface area contributed by atoms with E-state index < -0.39 is 0 Å². The van der Waals surface area contributed by atoms with Crippen molar-refractivity contribution in [2.75, 3.05) is 20.2 Å². The van der Waals surface area contributed by atoms with Gasteiger partial charge in [-0.15, -0.1) is 0 Å². The molecule has 1 fully saturated rings. The summed E-state index contributed by atoms with van der Waals surface area (Å²) in [6.45, 7) is 3.84. The molecule has 0 aromatic heterocycles. The summed E-state index contributed by atoms with van der Waals surface area (Å²) in [6, 6.07) is 11.4. The second-order valence-electron chi connectivity index (χ2n) is 5.56. The van der Waals surface area contributed by atoms with Crippen LogP contribution in [0.15, 0.2) is 36.4 Å². The van der Waals surface area contributed by atoms with Gasteiger partial charge in [0.25, 0.3) is 0 Å². The highest BCUT2D eigenvalue weighted by atomic mass is 19.1. The Balaban J connectivity index is 2.07. The zero-order valence-electron chi connectivity index (χ0n) is 12.4. The predicted octanol–water partition coefficient (Wildman–Crippen LogP) is 3.89. The Labute approximate surface area is 125 Å². The highest BCUT2D eigenvalue weighted by Crippen LogP contribution is 2.35. The number of hydrogen-bond acceptors (Lipinski definition) is 2. The molecule has 1 aliphatic rings. The van der Waals surface area contributed by atoms with Gasteiger partial charge in [-0.05, 0) is 60.3 Å². The van der Waals surface area contributed by atoms with Gasteiger partial charge in [0.1, 0.15) is 11.6 Å². The van der Waals surface area contributed by atoms with Crippen LogP contribution in [0.5, 0.6) is 5.75 Å². The Morgan fingerprint density at radius 1 is 1.24 bits per heavy atom. The summed E-state index contributed by atoms with van der Waals surface area (Å²) in [4.78, 5) is 0. The maximum atomic E-state index is 13.8. The second kappa shape index (κ2) is 5.86. The Bertz CT molecular complexity index is 648. The van der Waals surface area contributed by atoms with Crippen molar-refractivity contribution in [3.8, 4) is 16.9 Å². The molecule has 1 saturated heterocycles. The van der Waals surface area contributed by atoms with Crippen molar-refractivity contribution in [3.63, 3.8) is 0 Å². The lowest BCUT2D eigenvalue weighted by Gasteiger charge is -2.16. The minimum Gasteiger partial charge on any atom is -0.496 e. The first kappa shape index (κ1) is 14.1. The molecule has 0 aliphatic carbocycles. The molecule has 3 rings (SSSR count). The van der Waals surface area contributed by atoms with Crippen molar-refractivity contribution in [1.29, 1.82) is 0 Å². The molecule has 0 radical (unpaired) electrons. The van der Waals surface area contributed by atoms with Gasteiger partial charge in [0.15, 0.2) is 0 Å². The summed E-state index contributed by atoms with van der Waals surface area (Å²) in [5.41, 5.74) is 3.90. The van der Waals surface area contributed by atoms with Gasteiger partial charge >= 0.3 is 0 Å². The van der Waals surface area contributed by atoms with Crippen LogP contribution in [-0.4, -0.2) is 20.2 Å². The summed E-state index contributed by atoms with van der Waals surface area (Å²) in [5.74, 6) is 1.22. The van der Waals surface area contributed by atoms with Crippen LogP contribution in [0.2, 0.25) is 0 Å². The van der Waals surface area contributed by atoms with Crippen LogP contribution in [0.3, 0.4) is 0 Å². The van der Waals surface area contributed by atoms with E-state index in [-0.39, 0.29) is 5.82 Å². The maximum absolute atomic E-state index is 13.8. The van der Waals surface area contributed by atoms with Crippen molar-refractivity contribution in [2.24, 2.45) is 0 Å². The third-order valence-corrected chi connectivity index (χ3v) is 4.31. The second-order valence-corrected chi connectivity index (χ2v) is 5.56. The average molecular weight is 285 g/mol. The Morgan fingerprint density at radius 3 is 2.81 bits per heavy atom. The molecular weight excluding hydrogens is 265 g/mol. The van der Waals surface area contributed by atoms with Gasteiger partial charge in [0, 0.05) is 12.5 Å². The molecule has 110 valence electrons. The molecule has 2 aromatic carbocycles. The fourth-order valence-electron chi connectivity index (χ4n) is 3.06. The monoisotopic (exact) mass is 285 g/mol. The van der Waals surface area contributed by atoms with Gasteiger partial charge in [0.2, 0.25) is 0 Å². The highest BCUT2D eigenvalue weighted by molar-refractivity contribution is 5.69. The lowest BCUT2D eigenvalue weighted by molar-refractivity contribution is 0.406. The molecule has 2 aromatic rings. The Kier molecular flexibility index (Phi) is 3.93. The average Bonchev–Trinajstić information content (AvgIpc) is 3.03. The van der Waals surface area contributed by atoms with Gasteiger partial charge in [-0.2, -0.15) is 0 Å². The molecule has 0 amide bonds. The van der Waals surface area contributed by atoms with Gasteiger partial charge < -0.3 is 10.1 Å². The van der Waals surface area contributed by atoms with Gasteiger partial charge in [-0.3, -0.25) is 0 Å². The lowest BCUT2D eigenvalue weighted by Crippen LogP contribution is -2.08. The molecule has 1 N–H and O–H groups in total. The quantitative estimate of drug-likeness (QED) is 0.924. The summed E-state index contributed by atoms with van der Waals surface area (Å²) >= 11 is 0. The summed E-state index contributed by atoms with van der Waals surface area (Å²) in [6.07, 6.45) is 1.11. The van der Waals surface area contributed by atoms with E-state index >= 15 is 0 Å². The van der Waals surface area contributed by atoms with Crippen LogP contribution >= 0.6 is 0 Å². The molecular formula is C18H20FNO. The highest BCUT2D eigenvalue weighted by Gasteiger charge is 2.21. The molecule has 2 nitrogen and oxygen atoms in total. The third kappa shape index (κ3) is 2.66. The van der Waals surface area contributed by atoms with Crippen molar-refractivity contribution in [2.45, 2.75) is 19.3 Å². The number of nitrogens with one attached hydrogen (secondary N) is 1. The number of rotatable bonds is 3. The Morgan fingerprint density at radius 2 is 2.10 bits per heavy atom. The molecule has 0 bridgehead atoms. The zero-order valence-corrected chi connectivity index (χ0v) is 12.4. The van der Waals surface area contributed by atoms with Crippen molar-refractivity contribution in [3.05, 3.63) is 53.3 Å². The minimum absolute atomic E-state index is 0.160. The number of benzene rings is 2. The normalized spacial score (nSPS) is 18.0. The third-order valence-electron chi connectivity index (χ3n) is 4.31. The van der Waals surface area contributed by atoms with Crippen LogP contribution < -0.4 is 10.1 Å². The van der Waals surface area contributed by atoms with E-state index in [1.807, 2.05) is 25.1 Å². The molecule has 21 heavy (non-hydrogen) atoms. The van der Waals surface area contributed by atoms with Crippen LogP contribution in [0.25, 0.3) is 11.1 Å². The van der Waals surface area contributed by atoms with E-state index in [1.165, 1.54) is 11.6 Å². The SMILES string of the molecule is COc1ccc(-c2cccc(F)c2C)cc1C1CCNC1.